The summed E-state index contributed by atoms with van der Waals surface area (Å²) in [5.74, 6) is 1.68. The van der Waals surface area contributed by atoms with Crippen LogP contribution in [0.2, 0.25) is 0 Å². The predicted molar refractivity (Wildman–Crippen MR) is 66.7 cm³/mol. The summed E-state index contributed by atoms with van der Waals surface area (Å²) < 4.78 is 0. The molecule has 2 aliphatic carbocycles. The lowest BCUT2D eigenvalue weighted by Crippen LogP contribution is -2.33. The summed E-state index contributed by atoms with van der Waals surface area (Å²) in [4.78, 5) is 0. The van der Waals surface area contributed by atoms with Crippen molar-refractivity contribution in [1.82, 2.24) is 0 Å². The molecular formula is C15H24. The zero-order chi connectivity index (χ0) is 11.1. The van der Waals surface area contributed by atoms with Crippen molar-refractivity contribution in [3.63, 3.8) is 0 Å². The van der Waals surface area contributed by atoms with Gasteiger partial charge in [0.25, 0.3) is 0 Å². The molecule has 0 heteroatoms. The van der Waals surface area contributed by atoms with E-state index < -0.39 is 0 Å². The monoisotopic (exact) mass is 204 g/mol. The van der Waals surface area contributed by atoms with Crippen LogP contribution in [-0.4, -0.2) is 0 Å². The number of hydrogen-bond acceptors (Lipinski definition) is 0. The third-order valence-electron chi connectivity index (χ3n) is 4.97. The average Bonchev–Trinajstić information content (AvgIpc) is 2.50. The molecule has 3 atom stereocenters. The molecule has 0 heterocycles. The lowest BCUT2D eigenvalue weighted by molar-refractivity contribution is 0.142. The van der Waals surface area contributed by atoms with Crippen LogP contribution in [0.1, 0.15) is 52.9 Å². The Morgan fingerprint density at radius 2 is 2.20 bits per heavy atom. The molecule has 0 saturated heterocycles. The predicted octanol–water partition coefficient (Wildman–Crippen LogP) is 4.73. The van der Waals surface area contributed by atoms with Gasteiger partial charge in [0, 0.05) is 0 Å². The molecule has 1 saturated carbocycles. The third-order valence-corrected chi connectivity index (χ3v) is 4.97. The van der Waals surface area contributed by atoms with E-state index in [1.165, 1.54) is 37.7 Å². The second kappa shape index (κ2) is 3.81. The Morgan fingerprint density at radius 1 is 1.47 bits per heavy atom. The molecule has 2 rings (SSSR count). The molecule has 15 heavy (non-hydrogen) atoms. The summed E-state index contributed by atoms with van der Waals surface area (Å²) in [6.45, 7) is 11.2. The summed E-state index contributed by atoms with van der Waals surface area (Å²) in [5.41, 5.74) is 3.60. The second-order valence-corrected chi connectivity index (χ2v) is 5.87. The van der Waals surface area contributed by atoms with E-state index in [2.05, 4.69) is 33.4 Å². The standard InChI is InChI=1S/C15H24/c1-11(2)14-6-5-13(4)15(14)9-7-12(3)8-10-15/h7,13-14H,1,5-6,8-10H2,2-4H3/t13-,14+,15?/m1/s1. The molecular weight excluding hydrogens is 180 g/mol. The van der Waals surface area contributed by atoms with Gasteiger partial charge in [-0.2, -0.15) is 0 Å². The van der Waals surface area contributed by atoms with Crippen molar-refractivity contribution in [2.45, 2.75) is 52.9 Å². The van der Waals surface area contributed by atoms with E-state index in [0.717, 1.165) is 11.8 Å². The maximum Gasteiger partial charge on any atom is -0.0146 e. The highest BCUT2D eigenvalue weighted by Crippen LogP contribution is 2.57. The van der Waals surface area contributed by atoms with Crippen molar-refractivity contribution in [2.24, 2.45) is 17.3 Å². The van der Waals surface area contributed by atoms with Crippen LogP contribution in [0.15, 0.2) is 23.8 Å². The molecule has 0 nitrogen and oxygen atoms in total. The van der Waals surface area contributed by atoms with E-state index in [0.29, 0.717) is 5.41 Å². The molecule has 0 amide bonds. The van der Waals surface area contributed by atoms with Crippen molar-refractivity contribution in [2.75, 3.05) is 0 Å². The van der Waals surface area contributed by atoms with Crippen LogP contribution in [0.3, 0.4) is 0 Å². The molecule has 2 aliphatic rings. The molecule has 1 unspecified atom stereocenters. The summed E-state index contributed by atoms with van der Waals surface area (Å²) >= 11 is 0. The Balaban J connectivity index is 2.27. The number of rotatable bonds is 1. The summed E-state index contributed by atoms with van der Waals surface area (Å²) in [6.07, 6.45) is 9.29. The number of hydrogen-bond donors (Lipinski definition) is 0. The summed E-state index contributed by atoms with van der Waals surface area (Å²) in [5, 5.41) is 0. The minimum absolute atomic E-state index is 0.575. The van der Waals surface area contributed by atoms with Gasteiger partial charge in [0.15, 0.2) is 0 Å². The van der Waals surface area contributed by atoms with Gasteiger partial charge in [-0.3, -0.25) is 0 Å². The number of allylic oxidation sites excluding steroid dienone is 3. The van der Waals surface area contributed by atoms with Crippen molar-refractivity contribution in [3.8, 4) is 0 Å². The summed E-state index contributed by atoms with van der Waals surface area (Å²) in [7, 11) is 0. The fourth-order valence-electron chi connectivity index (χ4n) is 3.83. The molecule has 0 aliphatic heterocycles. The Kier molecular flexibility index (Phi) is 2.79. The van der Waals surface area contributed by atoms with Crippen molar-refractivity contribution in [1.29, 1.82) is 0 Å². The highest BCUT2D eigenvalue weighted by atomic mass is 14.5. The first-order valence-corrected chi connectivity index (χ1v) is 6.37. The highest BCUT2D eigenvalue weighted by Gasteiger charge is 2.47. The molecule has 84 valence electrons. The smallest absolute Gasteiger partial charge is 0.0146 e. The maximum atomic E-state index is 4.22. The molecule has 1 spiro atoms. The molecule has 0 aromatic heterocycles. The van der Waals surface area contributed by atoms with Crippen LogP contribution in [0, 0.1) is 17.3 Å². The first kappa shape index (κ1) is 11.0. The summed E-state index contributed by atoms with van der Waals surface area (Å²) in [6, 6.07) is 0. The van der Waals surface area contributed by atoms with Gasteiger partial charge in [-0.15, -0.1) is 0 Å². The average molecular weight is 204 g/mol. The molecule has 0 radical (unpaired) electrons. The van der Waals surface area contributed by atoms with E-state index >= 15 is 0 Å². The maximum absolute atomic E-state index is 4.22. The first-order valence-electron chi connectivity index (χ1n) is 6.37. The normalized spacial score (nSPS) is 40.6. The molecule has 0 N–H and O–H groups in total. The largest absolute Gasteiger partial charge is 0.0998 e. The van der Waals surface area contributed by atoms with Crippen molar-refractivity contribution >= 4 is 0 Å². The van der Waals surface area contributed by atoms with E-state index in [-0.39, 0.29) is 0 Å². The Hall–Kier alpha value is -0.520. The Labute approximate surface area is 94.5 Å². The van der Waals surface area contributed by atoms with Gasteiger partial charge >= 0.3 is 0 Å². The lowest BCUT2D eigenvalue weighted by atomic mass is 9.63. The van der Waals surface area contributed by atoms with E-state index in [1.807, 2.05) is 0 Å². The Morgan fingerprint density at radius 3 is 2.73 bits per heavy atom. The SMILES string of the molecule is C=C(C)[C@@H]1CC[C@@H](C)C12CC=C(C)CC2. The van der Waals surface area contributed by atoms with Gasteiger partial charge in [0.1, 0.15) is 0 Å². The topological polar surface area (TPSA) is 0 Å². The molecule has 1 fully saturated rings. The van der Waals surface area contributed by atoms with Gasteiger partial charge in [-0.05, 0) is 63.2 Å². The lowest BCUT2D eigenvalue weighted by Gasteiger charge is -2.42. The zero-order valence-electron chi connectivity index (χ0n) is 10.5. The van der Waals surface area contributed by atoms with Gasteiger partial charge < -0.3 is 0 Å². The van der Waals surface area contributed by atoms with Crippen LogP contribution in [0.5, 0.6) is 0 Å². The molecule has 0 aromatic carbocycles. The van der Waals surface area contributed by atoms with E-state index in [4.69, 9.17) is 0 Å². The minimum atomic E-state index is 0.575. The van der Waals surface area contributed by atoms with Gasteiger partial charge in [0.2, 0.25) is 0 Å². The van der Waals surface area contributed by atoms with Crippen LogP contribution in [-0.2, 0) is 0 Å². The first-order chi connectivity index (χ1) is 7.06. The van der Waals surface area contributed by atoms with E-state index in [1.54, 1.807) is 5.57 Å². The minimum Gasteiger partial charge on any atom is -0.0998 e. The van der Waals surface area contributed by atoms with E-state index in [9.17, 15) is 0 Å². The fourth-order valence-corrected chi connectivity index (χ4v) is 3.83. The fraction of sp³-hybridized carbons (Fsp3) is 0.733. The van der Waals surface area contributed by atoms with Gasteiger partial charge in [-0.1, -0.05) is 30.7 Å². The molecule has 0 bridgehead atoms. The second-order valence-electron chi connectivity index (χ2n) is 5.87. The zero-order valence-corrected chi connectivity index (χ0v) is 10.5. The van der Waals surface area contributed by atoms with Crippen LogP contribution >= 0.6 is 0 Å². The Bertz CT molecular complexity index is 297. The van der Waals surface area contributed by atoms with Gasteiger partial charge in [0.05, 0.1) is 0 Å². The van der Waals surface area contributed by atoms with Gasteiger partial charge in [-0.25, -0.2) is 0 Å². The highest BCUT2D eigenvalue weighted by molar-refractivity contribution is 5.17. The van der Waals surface area contributed by atoms with Crippen LogP contribution in [0.4, 0.5) is 0 Å². The van der Waals surface area contributed by atoms with Crippen molar-refractivity contribution < 1.29 is 0 Å². The quantitative estimate of drug-likeness (QED) is 0.542. The molecule has 0 aromatic rings. The van der Waals surface area contributed by atoms with Crippen molar-refractivity contribution in [3.05, 3.63) is 23.8 Å². The third kappa shape index (κ3) is 1.68. The van der Waals surface area contributed by atoms with Crippen LogP contribution in [0.25, 0.3) is 0 Å². The van der Waals surface area contributed by atoms with Crippen LogP contribution < -0.4 is 0 Å².